The number of hydrogen-bond acceptors (Lipinski definition) is 2. The smallest absolute Gasteiger partial charge is 0.227 e. The summed E-state index contributed by atoms with van der Waals surface area (Å²) in [6, 6.07) is 13.9. The van der Waals surface area contributed by atoms with E-state index in [9.17, 15) is 0 Å². The van der Waals surface area contributed by atoms with Gasteiger partial charge in [0, 0.05) is 10.0 Å². The van der Waals surface area contributed by atoms with E-state index in [1.807, 2.05) is 42.5 Å². The third kappa shape index (κ3) is 2.34. The molecule has 3 rings (SSSR count). The zero-order chi connectivity index (χ0) is 13.2. The van der Waals surface area contributed by atoms with E-state index in [1.54, 1.807) is 0 Å². The van der Waals surface area contributed by atoms with Crippen LogP contribution in [0.25, 0.3) is 22.6 Å². The van der Waals surface area contributed by atoms with Gasteiger partial charge in [-0.15, -0.1) is 6.58 Å². The first kappa shape index (κ1) is 12.2. The molecule has 19 heavy (non-hydrogen) atoms. The van der Waals surface area contributed by atoms with Crippen molar-refractivity contribution in [2.75, 3.05) is 0 Å². The minimum Gasteiger partial charge on any atom is -0.436 e. The number of para-hydroxylation sites is 2. The lowest BCUT2D eigenvalue weighted by Crippen LogP contribution is -1.85. The second kappa shape index (κ2) is 5.02. The summed E-state index contributed by atoms with van der Waals surface area (Å²) >= 11 is 3.57. The molecule has 0 saturated carbocycles. The molecule has 3 aromatic rings. The Balaban J connectivity index is 2.06. The SMILES string of the molecule is C=CCc1ccc(-c2nc3ccccc3o2)cc1Br. The Hall–Kier alpha value is -1.87. The maximum Gasteiger partial charge on any atom is 0.227 e. The topological polar surface area (TPSA) is 26.0 Å². The highest BCUT2D eigenvalue weighted by molar-refractivity contribution is 9.10. The van der Waals surface area contributed by atoms with Crippen molar-refractivity contribution in [2.24, 2.45) is 0 Å². The van der Waals surface area contributed by atoms with E-state index in [2.05, 4.69) is 33.6 Å². The third-order valence-corrected chi connectivity index (χ3v) is 3.70. The summed E-state index contributed by atoms with van der Waals surface area (Å²) in [5.41, 5.74) is 3.86. The molecule has 0 atom stereocenters. The largest absolute Gasteiger partial charge is 0.436 e. The lowest BCUT2D eigenvalue weighted by molar-refractivity contribution is 0.620. The van der Waals surface area contributed by atoms with Crippen LogP contribution in [0.3, 0.4) is 0 Å². The zero-order valence-electron chi connectivity index (χ0n) is 10.3. The molecule has 0 bridgehead atoms. The van der Waals surface area contributed by atoms with E-state index < -0.39 is 0 Å². The van der Waals surface area contributed by atoms with Crippen LogP contribution >= 0.6 is 15.9 Å². The summed E-state index contributed by atoms with van der Waals surface area (Å²) in [5, 5.41) is 0. The number of nitrogens with zero attached hydrogens (tertiary/aromatic N) is 1. The summed E-state index contributed by atoms with van der Waals surface area (Å²) in [7, 11) is 0. The average molecular weight is 314 g/mol. The van der Waals surface area contributed by atoms with Crippen LogP contribution in [-0.2, 0) is 6.42 Å². The van der Waals surface area contributed by atoms with Crippen LogP contribution in [0.4, 0.5) is 0 Å². The molecule has 0 spiro atoms. The first-order valence-electron chi connectivity index (χ1n) is 6.03. The summed E-state index contributed by atoms with van der Waals surface area (Å²) in [5.74, 6) is 0.645. The molecule has 0 aliphatic rings. The van der Waals surface area contributed by atoms with Crippen molar-refractivity contribution in [1.82, 2.24) is 4.98 Å². The zero-order valence-corrected chi connectivity index (χ0v) is 11.9. The van der Waals surface area contributed by atoms with Gasteiger partial charge in [-0.05, 0) is 36.2 Å². The van der Waals surface area contributed by atoms with E-state index in [0.29, 0.717) is 5.89 Å². The summed E-state index contributed by atoms with van der Waals surface area (Å²) in [6.45, 7) is 3.75. The van der Waals surface area contributed by atoms with Gasteiger partial charge in [0.15, 0.2) is 5.58 Å². The third-order valence-electron chi connectivity index (χ3n) is 2.96. The number of halogens is 1. The normalized spacial score (nSPS) is 10.8. The Morgan fingerprint density at radius 2 is 2.05 bits per heavy atom. The van der Waals surface area contributed by atoms with E-state index in [1.165, 1.54) is 5.56 Å². The molecule has 1 aromatic heterocycles. The van der Waals surface area contributed by atoms with Crippen molar-refractivity contribution >= 4 is 27.0 Å². The first-order valence-corrected chi connectivity index (χ1v) is 6.82. The van der Waals surface area contributed by atoms with Gasteiger partial charge in [0.05, 0.1) is 0 Å². The number of rotatable bonds is 3. The van der Waals surface area contributed by atoms with Crippen molar-refractivity contribution in [2.45, 2.75) is 6.42 Å². The Morgan fingerprint density at radius 3 is 2.79 bits per heavy atom. The van der Waals surface area contributed by atoms with Gasteiger partial charge in [-0.25, -0.2) is 4.98 Å². The Labute approximate surface area is 119 Å². The minimum absolute atomic E-state index is 0.645. The van der Waals surface area contributed by atoms with Gasteiger partial charge in [-0.1, -0.05) is 40.2 Å². The molecule has 0 fully saturated rings. The predicted octanol–water partition coefficient (Wildman–Crippen LogP) is 4.99. The lowest BCUT2D eigenvalue weighted by atomic mass is 10.1. The second-order valence-corrected chi connectivity index (χ2v) is 5.14. The fourth-order valence-electron chi connectivity index (χ4n) is 2.00. The quantitative estimate of drug-likeness (QED) is 0.637. The highest BCUT2D eigenvalue weighted by Gasteiger charge is 2.09. The van der Waals surface area contributed by atoms with Crippen LogP contribution in [-0.4, -0.2) is 4.98 Å². The molecule has 1 heterocycles. The van der Waals surface area contributed by atoms with Gasteiger partial charge in [0.2, 0.25) is 5.89 Å². The molecule has 0 aliphatic carbocycles. The molecule has 0 aliphatic heterocycles. The number of oxazole rings is 1. The first-order chi connectivity index (χ1) is 9.28. The number of benzene rings is 2. The van der Waals surface area contributed by atoms with Gasteiger partial charge in [0.1, 0.15) is 5.52 Å². The summed E-state index contributed by atoms with van der Waals surface area (Å²) in [4.78, 5) is 4.49. The van der Waals surface area contributed by atoms with Crippen LogP contribution in [0, 0.1) is 0 Å². The van der Waals surface area contributed by atoms with Gasteiger partial charge < -0.3 is 4.42 Å². The van der Waals surface area contributed by atoms with Gasteiger partial charge in [-0.3, -0.25) is 0 Å². The van der Waals surface area contributed by atoms with Crippen LogP contribution < -0.4 is 0 Å². The van der Waals surface area contributed by atoms with Gasteiger partial charge >= 0.3 is 0 Å². The van der Waals surface area contributed by atoms with Crippen molar-refractivity contribution in [3.05, 3.63) is 65.2 Å². The number of allylic oxidation sites excluding steroid dienone is 1. The van der Waals surface area contributed by atoms with E-state index in [4.69, 9.17) is 4.42 Å². The van der Waals surface area contributed by atoms with Crippen molar-refractivity contribution in [3.63, 3.8) is 0 Å². The maximum absolute atomic E-state index is 5.76. The monoisotopic (exact) mass is 313 g/mol. The number of fused-ring (bicyclic) bond motifs is 1. The molecule has 94 valence electrons. The average Bonchev–Trinajstić information content (AvgIpc) is 2.85. The molecule has 0 radical (unpaired) electrons. The van der Waals surface area contributed by atoms with Gasteiger partial charge in [0.25, 0.3) is 0 Å². The molecule has 2 aromatic carbocycles. The van der Waals surface area contributed by atoms with Crippen LogP contribution in [0.2, 0.25) is 0 Å². The fourth-order valence-corrected chi connectivity index (χ4v) is 2.54. The highest BCUT2D eigenvalue weighted by atomic mass is 79.9. The molecule has 0 amide bonds. The highest BCUT2D eigenvalue weighted by Crippen LogP contribution is 2.28. The molecular weight excluding hydrogens is 302 g/mol. The summed E-state index contributed by atoms with van der Waals surface area (Å²) < 4.78 is 6.81. The van der Waals surface area contributed by atoms with Crippen LogP contribution in [0.5, 0.6) is 0 Å². The standard InChI is InChI=1S/C16H12BrNO/c1-2-5-11-8-9-12(10-13(11)17)16-18-14-6-3-4-7-15(14)19-16/h2-4,6-10H,1,5H2. The summed E-state index contributed by atoms with van der Waals surface area (Å²) in [6.07, 6.45) is 2.73. The molecule has 0 unspecified atom stereocenters. The Kier molecular flexibility index (Phi) is 3.22. The maximum atomic E-state index is 5.76. The van der Waals surface area contributed by atoms with E-state index >= 15 is 0 Å². The lowest BCUT2D eigenvalue weighted by Gasteiger charge is -2.02. The Morgan fingerprint density at radius 1 is 1.21 bits per heavy atom. The number of hydrogen-bond donors (Lipinski definition) is 0. The van der Waals surface area contributed by atoms with E-state index in [-0.39, 0.29) is 0 Å². The predicted molar refractivity (Wildman–Crippen MR) is 81.0 cm³/mol. The van der Waals surface area contributed by atoms with Crippen LogP contribution in [0.1, 0.15) is 5.56 Å². The molecule has 3 heteroatoms. The molecule has 2 nitrogen and oxygen atoms in total. The van der Waals surface area contributed by atoms with Crippen molar-refractivity contribution in [1.29, 1.82) is 0 Å². The molecule has 0 N–H and O–H groups in total. The minimum atomic E-state index is 0.645. The van der Waals surface area contributed by atoms with E-state index in [0.717, 1.165) is 27.6 Å². The molecular formula is C16H12BrNO. The number of aromatic nitrogens is 1. The van der Waals surface area contributed by atoms with Crippen molar-refractivity contribution in [3.8, 4) is 11.5 Å². The van der Waals surface area contributed by atoms with Gasteiger partial charge in [-0.2, -0.15) is 0 Å². The van der Waals surface area contributed by atoms with Crippen molar-refractivity contribution < 1.29 is 4.42 Å². The fraction of sp³-hybridized carbons (Fsp3) is 0.0625. The second-order valence-electron chi connectivity index (χ2n) is 4.29. The molecule has 0 saturated heterocycles. The Bertz CT molecular complexity index is 712. The van der Waals surface area contributed by atoms with Crippen LogP contribution in [0.15, 0.2) is 64.0 Å².